The summed E-state index contributed by atoms with van der Waals surface area (Å²) in [5.41, 5.74) is 3.76. The van der Waals surface area contributed by atoms with Crippen molar-refractivity contribution >= 4 is 29.2 Å². The zero-order valence-corrected chi connectivity index (χ0v) is 15.4. The number of para-hydroxylation sites is 1. The Labute approximate surface area is 157 Å². The van der Waals surface area contributed by atoms with Crippen LogP contribution in [-0.4, -0.2) is 43.2 Å². The van der Waals surface area contributed by atoms with Crippen LogP contribution in [0.2, 0.25) is 0 Å². The zero-order valence-electron chi connectivity index (χ0n) is 14.6. The number of halogens is 1. The van der Waals surface area contributed by atoms with Gasteiger partial charge in [0.1, 0.15) is 5.75 Å². The Morgan fingerprint density at radius 2 is 1.81 bits per heavy atom. The number of fused-ring (bicyclic) bond motifs is 1. The number of piperazine rings is 1. The molecule has 26 heavy (non-hydrogen) atoms. The Balaban J connectivity index is 0.00000196. The number of rotatable bonds is 4. The molecule has 0 aliphatic carbocycles. The smallest absolute Gasteiger partial charge is 0.417 e. The van der Waals surface area contributed by atoms with Gasteiger partial charge in [-0.25, -0.2) is 4.79 Å². The molecule has 0 amide bonds. The van der Waals surface area contributed by atoms with E-state index in [0.29, 0.717) is 5.58 Å². The Morgan fingerprint density at radius 1 is 1.08 bits per heavy atom. The van der Waals surface area contributed by atoms with E-state index in [0.717, 1.165) is 49.6 Å². The molecular formula is C19H22ClN3O3. The lowest BCUT2D eigenvalue weighted by molar-refractivity contribution is 0.250. The van der Waals surface area contributed by atoms with Gasteiger partial charge in [0.2, 0.25) is 0 Å². The molecule has 0 saturated carbocycles. The maximum atomic E-state index is 11.4. The number of hydrogen-bond acceptors (Lipinski definition) is 5. The van der Waals surface area contributed by atoms with Crippen molar-refractivity contribution in [1.29, 1.82) is 0 Å². The van der Waals surface area contributed by atoms with Crippen molar-refractivity contribution in [2.75, 3.05) is 38.2 Å². The van der Waals surface area contributed by atoms with Crippen molar-refractivity contribution in [3.63, 3.8) is 0 Å². The maximum Gasteiger partial charge on any atom is 0.417 e. The van der Waals surface area contributed by atoms with Gasteiger partial charge in [-0.3, -0.25) is 9.88 Å². The second-order valence-corrected chi connectivity index (χ2v) is 6.27. The number of methoxy groups -OCH3 is 1. The number of oxazole rings is 1. The van der Waals surface area contributed by atoms with E-state index in [2.05, 4.69) is 26.9 Å². The molecule has 7 heteroatoms. The highest BCUT2D eigenvalue weighted by atomic mass is 35.5. The Morgan fingerprint density at radius 3 is 2.50 bits per heavy atom. The van der Waals surface area contributed by atoms with Gasteiger partial charge in [0.05, 0.1) is 12.6 Å². The Kier molecular flexibility index (Phi) is 5.54. The summed E-state index contributed by atoms with van der Waals surface area (Å²) in [4.78, 5) is 19.0. The van der Waals surface area contributed by atoms with Gasteiger partial charge in [-0.2, -0.15) is 0 Å². The molecule has 1 N–H and O–H groups in total. The van der Waals surface area contributed by atoms with Crippen LogP contribution >= 0.6 is 12.4 Å². The molecule has 0 atom stereocenters. The molecule has 2 heterocycles. The monoisotopic (exact) mass is 375 g/mol. The summed E-state index contributed by atoms with van der Waals surface area (Å²) in [5, 5.41) is 0. The predicted molar refractivity (Wildman–Crippen MR) is 105 cm³/mol. The number of benzene rings is 2. The molecular weight excluding hydrogens is 354 g/mol. The highest BCUT2D eigenvalue weighted by Crippen LogP contribution is 2.22. The first-order valence-corrected chi connectivity index (χ1v) is 8.45. The van der Waals surface area contributed by atoms with Crippen LogP contribution in [0, 0.1) is 0 Å². The fraction of sp³-hybridized carbons (Fsp3) is 0.316. The summed E-state index contributed by atoms with van der Waals surface area (Å²) in [5.74, 6) is 0.483. The number of nitrogens with zero attached hydrogens (tertiary/aromatic N) is 2. The summed E-state index contributed by atoms with van der Waals surface area (Å²) < 4.78 is 10.4. The van der Waals surface area contributed by atoms with E-state index in [1.807, 2.05) is 30.3 Å². The van der Waals surface area contributed by atoms with Gasteiger partial charge in [0.15, 0.2) is 5.58 Å². The topological polar surface area (TPSA) is 61.7 Å². The largest absolute Gasteiger partial charge is 0.497 e. The predicted octanol–water partition coefficient (Wildman–Crippen LogP) is 2.87. The number of hydrogen-bond donors (Lipinski definition) is 1. The number of ether oxygens (including phenoxy) is 1. The first-order valence-electron chi connectivity index (χ1n) is 8.45. The van der Waals surface area contributed by atoms with Crippen LogP contribution in [-0.2, 0) is 6.54 Å². The molecule has 2 aromatic carbocycles. The molecule has 3 aromatic rings. The maximum absolute atomic E-state index is 11.4. The lowest BCUT2D eigenvalue weighted by Gasteiger charge is -2.36. The van der Waals surface area contributed by atoms with E-state index in [-0.39, 0.29) is 12.4 Å². The number of nitrogens with one attached hydrogen (secondary N) is 1. The lowest BCUT2D eigenvalue weighted by atomic mass is 10.1. The van der Waals surface area contributed by atoms with Crippen molar-refractivity contribution in [1.82, 2.24) is 9.88 Å². The first kappa shape index (κ1) is 18.4. The van der Waals surface area contributed by atoms with Gasteiger partial charge in [-0.15, -0.1) is 12.4 Å². The van der Waals surface area contributed by atoms with Crippen molar-refractivity contribution in [3.05, 3.63) is 58.6 Å². The zero-order chi connectivity index (χ0) is 17.2. The first-order chi connectivity index (χ1) is 12.2. The normalized spacial score (nSPS) is 15.0. The lowest BCUT2D eigenvalue weighted by Crippen LogP contribution is -2.46. The summed E-state index contributed by atoms with van der Waals surface area (Å²) in [6.07, 6.45) is 0. The third-order valence-electron chi connectivity index (χ3n) is 4.75. The number of H-pyrrole nitrogens is 1. The summed E-state index contributed by atoms with van der Waals surface area (Å²) in [7, 11) is 1.68. The summed E-state index contributed by atoms with van der Waals surface area (Å²) >= 11 is 0. The molecule has 6 nitrogen and oxygen atoms in total. The minimum atomic E-state index is -0.397. The molecule has 0 bridgehead atoms. The molecule has 4 rings (SSSR count). The van der Waals surface area contributed by atoms with Gasteiger partial charge < -0.3 is 14.1 Å². The third-order valence-corrected chi connectivity index (χ3v) is 4.75. The molecule has 0 unspecified atom stereocenters. The van der Waals surface area contributed by atoms with E-state index >= 15 is 0 Å². The molecule has 0 spiro atoms. The van der Waals surface area contributed by atoms with Crippen molar-refractivity contribution in [3.8, 4) is 5.75 Å². The van der Waals surface area contributed by atoms with Crippen LogP contribution in [0.5, 0.6) is 5.75 Å². The number of anilines is 1. The second-order valence-electron chi connectivity index (χ2n) is 6.27. The third kappa shape index (κ3) is 3.71. The minimum Gasteiger partial charge on any atom is -0.497 e. The highest BCUT2D eigenvalue weighted by molar-refractivity contribution is 5.85. The highest BCUT2D eigenvalue weighted by Gasteiger charge is 2.18. The molecule has 1 aliphatic heterocycles. The van der Waals surface area contributed by atoms with E-state index < -0.39 is 5.76 Å². The van der Waals surface area contributed by atoms with Crippen LogP contribution < -0.4 is 15.4 Å². The quantitative estimate of drug-likeness (QED) is 0.759. The summed E-state index contributed by atoms with van der Waals surface area (Å²) in [6, 6.07) is 14.0. The van der Waals surface area contributed by atoms with Gasteiger partial charge in [0, 0.05) is 38.4 Å². The summed E-state index contributed by atoms with van der Waals surface area (Å²) in [6.45, 7) is 4.71. The molecule has 1 aliphatic rings. The fourth-order valence-electron chi connectivity index (χ4n) is 3.36. The fourth-order valence-corrected chi connectivity index (χ4v) is 3.36. The van der Waals surface area contributed by atoms with E-state index in [4.69, 9.17) is 9.15 Å². The SMILES string of the molecule is COc1ccc(N2CCN(Cc3cccc4oc(=O)[nH]c34)CC2)cc1.Cl. The molecule has 1 saturated heterocycles. The molecule has 0 radical (unpaired) electrons. The van der Waals surface area contributed by atoms with Crippen LogP contribution in [0.4, 0.5) is 5.69 Å². The van der Waals surface area contributed by atoms with Gasteiger partial charge >= 0.3 is 5.76 Å². The average molecular weight is 376 g/mol. The van der Waals surface area contributed by atoms with E-state index in [9.17, 15) is 4.79 Å². The van der Waals surface area contributed by atoms with Crippen molar-refractivity contribution in [2.24, 2.45) is 0 Å². The van der Waals surface area contributed by atoms with Crippen LogP contribution in [0.3, 0.4) is 0 Å². The van der Waals surface area contributed by atoms with Gasteiger partial charge in [0.25, 0.3) is 0 Å². The van der Waals surface area contributed by atoms with Crippen molar-refractivity contribution < 1.29 is 9.15 Å². The number of aromatic amines is 1. The standard InChI is InChI=1S/C19H21N3O3.ClH/c1-24-16-7-5-15(6-8-16)22-11-9-21(10-12-22)13-14-3-2-4-17-18(14)20-19(23)25-17;/h2-8H,9-13H2,1H3,(H,20,23);1H. The van der Waals surface area contributed by atoms with E-state index in [1.165, 1.54) is 5.69 Å². The molecule has 1 aromatic heterocycles. The molecule has 1 fully saturated rings. The van der Waals surface area contributed by atoms with Crippen LogP contribution in [0.1, 0.15) is 5.56 Å². The van der Waals surface area contributed by atoms with Crippen LogP contribution in [0.15, 0.2) is 51.7 Å². The average Bonchev–Trinajstić information content (AvgIpc) is 3.04. The number of aromatic nitrogens is 1. The minimum absolute atomic E-state index is 0. The van der Waals surface area contributed by atoms with Crippen molar-refractivity contribution in [2.45, 2.75) is 6.54 Å². The van der Waals surface area contributed by atoms with Gasteiger partial charge in [-0.1, -0.05) is 12.1 Å². The van der Waals surface area contributed by atoms with Crippen LogP contribution in [0.25, 0.3) is 11.1 Å². The Bertz CT molecular complexity index is 912. The van der Waals surface area contributed by atoms with Gasteiger partial charge in [-0.05, 0) is 35.9 Å². The van der Waals surface area contributed by atoms with E-state index in [1.54, 1.807) is 7.11 Å². The molecule has 138 valence electrons. The Hall–Kier alpha value is -2.44. The second kappa shape index (κ2) is 7.85.